The van der Waals surface area contributed by atoms with E-state index in [0.717, 1.165) is 65.0 Å². The van der Waals surface area contributed by atoms with E-state index in [2.05, 4.69) is 36.3 Å². The molecule has 29 heteroatoms. The number of carbonyl (C=O) groups excluding carboxylic acids is 4. The molecule has 88 heavy (non-hydrogen) atoms. The van der Waals surface area contributed by atoms with E-state index in [1.807, 2.05) is 53.9 Å². The largest absolute Gasteiger partial charge is 0.416 e. The second-order valence-electron chi connectivity index (χ2n) is 23.6. The van der Waals surface area contributed by atoms with Crippen molar-refractivity contribution in [2.24, 2.45) is 7.05 Å². The van der Waals surface area contributed by atoms with E-state index in [1.165, 1.54) is 76.3 Å². The third-order valence-corrected chi connectivity index (χ3v) is 27.9. The molecule has 4 heterocycles. The Balaban J connectivity index is 0.000000251. The molecule has 7 rings (SSSR count). The van der Waals surface area contributed by atoms with Crippen LogP contribution in [0.3, 0.4) is 0 Å². The molecule has 4 aromatic heterocycles. The van der Waals surface area contributed by atoms with Crippen LogP contribution in [0.2, 0.25) is 0 Å². The minimum absolute atomic E-state index is 0.191. The average Bonchev–Trinajstić information content (AvgIpc) is 2.35. The summed E-state index contributed by atoms with van der Waals surface area (Å²) in [6.45, 7) is 22.2. The van der Waals surface area contributed by atoms with E-state index in [1.54, 1.807) is 79.0 Å². The molecule has 4 N–H and O–H groups in total. The van der Waals surface area contributed by atoms with Crippen LogP contribution in [0.4, 0.5) is 35.6 Å². The molecule has 0 aliphatic heterocycles. The smallest absolute Gasteiger partial charge is 0.325 e. The van der Waals surface area contributed by atoms with Crippen molar-refractivity contribution < 1.29 is 66.0 Å². The van der Waals surface area contributed by atoms with Crippen molar-refractivity contribution in [1.82, 2.24) is 19.7 Å². The van der Waals surface area contributed by atoms with Gasteiger partial charge < -0.3 is 21.3 Å². The van der Waals surface area contributed by atoms with E-state index in [-0.39, 0.29) is 11.6 Å². The van der Waals surface area contributed by atoms with Crippen molar-refractivity contribution in [3.63, 3.8) is 0 Å². The number of rotatable bonds is 18. The quantitative estimate of drug-likeness (QED) is 0.0622. The van der Waals surface area contributed by atoms with Gasteiger partial charge in [-0.15, -0.1) is 22.7 Å². The summed E-state index contributed by atoms with van der Waals surface area (Å²) in [5.41, 5.74) is 1.40. The number of alkyl halides is 3. The summed E-state index contributed by atoms with van der Waals surface area (Å²) in [4.78, 5) is 59.6. The standard InChI is InChI=1S/C17H21NO3S.C15H21N3O3S2.C14H22N2O3S2.C13H17F3N2O3S/c1-12(2)22(20,21)17(3,4)16(19)18-15-10-9-13-7-5-6-8-14(13)11-15;1-10(2)23(20,21)15(3,4)14(19)16-13-9-11(17-18(13)5)12-7-6-8-22-12;1-9(2)21(18,19)14(3,4)12(17)16-13-15-10-7-5-6-8-11(10)20-13;1-4-7-22(20,21)12(2,3)11(19)18-10-8-9(5-6-17-10)13(14,15)16/h5-12H,1-4H3,(H,18,19);6-10H,1-5H3,(H,16,19);9H,5-8H2,1-4H3,(H,15,16,17);5-6,8H,4,7H2,1-3H3,(H,17,18,19). The number of carbonyl (C=O) groups is 4. The van der Waals surface area contributed by atoms with Gasteiger partial charge in [-0.05, 0) is 176 Å². The number of aromatic nitrogens is 4. The van der Waals surface area contributed by atoms with E-state index >= 15 is 0 Å². The summed E-state index contributed by atoms with van der Waals surface area (Å²) < 4.78 is 131. The molecule has 0 spiro atoms. The zero-order valence-electron chi connectivity index (χ0n) is 52.3. The molecule has 486 valence electrons. The van der Waals surface area contributed by atoms with Gasteiger partial charge in [-0.1, -0.05) is 43.3 Å². The van der Waals surface area contributed by atoms with E-state index in [9.17, 15) is 66.0 Å². The molecule has 1 aliphatic carbocycles. The summed E-state index contributed by atoms with van der Waals surface area (Å²) in [5, 5.41) is 17.2. The first-order chi connectivity index (χ1) is 40.3. The van der Waals surface area contributed by atoms with E-state index in [4.69, 9.17) is 0 Å². The molecule has 1 aliphatic rings. The highest BCUT2D eigenvalue weighted by atomic mass is 32.2. The van der Waals surface area contributed by atoms with Crippen LogP contribution in [-0.4, -0.2) is 118 Å². The molecule has 6 aromatic rings. The molecule has 0 saturated carbocycles. The highest BCUT2D eigenvalue weighted by Crippen LogP contribution is 2.34. The first kappa shape index (κ1) is 74.3. The molecule has 0 saturated heterocycles. The SMILES string of the molecule is CC(C)S(=O)(=O)C(C)(C)C(=O)Nc1cc(-c2cccs2)nn1C.CC(C)S(=O)(=O)C(C)(C)C(=O)Nc1ccc2ccccc2c1.CC(C)S(=O)(=O)C(C)(C)C(=O)Nc1nc2c(s1)CCCC2.CCCS(=O)(=O)C(C)(C)C(=O)Nc1cc(C(F)(F)F)ccn1. The van der Waals surface area contributed by atoms with Crippen molar-refractivity contribution >= 4 is 119 Å². The van der Waals surface area contributed by atoms with Gasteiger partial charge >= 0.3 is 6.18 Å². The highest BCUT2D eigenvalue weighted by molar-refractivity contribution is 7.95. The second kappa shape index (κ2) is 28.8. The number of nitrogens with zero attached hydrogens (tertiary/aromatic N) is 4. The fourth-order valence-electron chi connectivity index (χ4n) is 8.36. The minimum atomic E-state index is -4.58. The summed E-state index contributed by atoms with van der Waals surface area (Å²) in [6, 6.07) is 20.3. The van der Waals surface area contributed by atoms with Crippen LogP contribution < -0.4 is 21.3 Å². The Hall–Kier alpha value is -6.14. The molecule has 0 radical (unpaired) electrons. The van der Waals surface area contributed by atoms with Crippen molar-refractivity contribution in [3.05, 3.63) is 101 Å². The number of pyridine rings is 1. The van der Waals surface area contributed by atoms with Gasteiger partial charge in [-0.2, -0.15) is 18.3 Å². The number of nitrogens with one attached hydrogen (secondary N) is 4. The fraction of sp³-hybridized carbons (Fsp3) is 0.508. The van der Waals surface area contributed by atoms with Gasteiger partial charge in [0.1, 0.15) is 36.3 Å². The van der Waals surface area contributed by atoms with Crippen LogP contribution in [0.25, 0.3) is 21.3 Å². The van der Waals surface area contributed by atoms with Crippen LogP contribution in [0.5, 0.6) is 0 Å². The Labute approximate surface area is 523 Å². The lowest BCUT2D eigenvalue weighted by atomic mass is 10.0. The Morgan fingerprint density at radius 3 is 1.62 bits per heavy atom. The number of fused-ring (bicyclic) bond motifs is 2. The van der Waals surface area contributed by atoms with Crippen molar-refractivity contribution in [2.75, 3.05) is 27.0 Å². The average molecular weight is 1340 g/mol. The maximum atomic E-state index is 12.6. The van der Waals surface area contributed by atoms with Gasteiger partial charge in [-0.25, -0.2) is 43.6 Å². The molecule has 2 aromatic carbocycles. The zero-order valence-corrected chi connectivity index (χ0v) is 57.2. The topological polar surface area (TPSA) is 297 Å². The molecule has 0 unspecified atom stereocenters. The number of aryl methyl sites for hydroxylation is 3. The van der Waals surface area contributed by atoms with Crippen LogP contribution >= 0.6 is 22.7 Å². The number of amides is 4. The predicted molar refractivity (Wildman–Crippen MR) is 346 cm³/mol. The lowest BCUT2D eigenvalue weighted by Crippen LogP contribution is -2.47. The first-order valence-electron chi connectivity index (χ1n) is 28.1. The number of thiophene rings is 1. The number of anilines is 4. The lowest BCUT2D eigenvalue weighted by molar-refractivity contribution is -0.137. The van der Waals surface area contributed by atoms with Gasteiger partial charge in [-0.3, -0.25) is 23.9 Å². The monoisotopic (exact) mass is 1340 g/mol. The lowest BCUT2D eigenvalue weighted by Gasteiger charge is -2.26. The number of sulfone groups is 4. The van der Waals surface area contributed by atoms with Gasteiger partial charge in [0, 0.05) is 29.9 Å². The zero-order chi connectivity index (χ0) is 67.0. The van der Waals surface area contributed by atoms with Gasteiger partial charge in [0.25, 0.3) is 0 Å². The summed E-state index contributed by atoms with van der Waals surface area (Å²) in [6.07, 6.45) is 0.859. The van der Waals surface area contributed by atoms with Crippen LogP contribution in [0.15, 0.2) is 84.4 Å². The van der Waals surface area contributed by atoms with Gasteiger partial charge in [0.05, 0.1) is 37.6 Å². The summed E-state index contributed by atoms with van der Waals surface area (Å²) >= 11 is 3.01. The Morgan fingerprint density at radius 2 is 1.12 bits per heavy atom. The predicted octanol–water partition coefficient (Wildman–Crippen LogP) is 11.3. The van der Waals surface area contributed by atoms with Gasteiger partial charge in [0.15, 0.2) is 44.5 Å². The van der Waals surface area contributed by atoms with Crippen LogP contribution in [0, 0.1) is 0 Å². The van der Waals surface area contributed by atoms with Crippen molar-refractivity contribution in [1.29, 1.82) is 0 Å². The van der Waals surface area contributed by atoms with E-state index in [0.29, 0.717) is 29.1 Å². The number of benzene rings is 2. The number of hydrogen-bond donors (Lipinski definition) is 4. The normalized spacial score (nSPS) is 13.5. The third-order valence-electron chi connectivity index (χ3n) is 14.7. The Kier molecular flexibility index (Phi) is 24.3. The third kappa shape index (κ3) is 17.2. The molecule has 0 fully saturated rings. The molecular weight excluding hydrogens is 1260 g/mol. The second-order valence-corrected chi connectivity index (χ2v) is 37.4. The van der Waals surface area contributed by atoms with Crippen molar-refractivity contribution in [3.8, 4) is 10.6 Å². The number of halogens is 3. The Morgan fingerprint density at radius 1 is 0.614 bits per heavy atom. The number of hydrogen-bond acceptors (Lipinski definition) is 17. The molecule has 0 bridgehead atoms. The van der Waals surface area contributed by atoms with E-state index < -0.39 is 109 Å². The first-order valence-corrected chi connectivity index (χ1v) is 36.1. The van der Waals surface area contributed by atoms with Crippen LogP contribution in [-0.2, 0) is 84.6 Å². The Bertz CT molecular complexity index is 3910. The van der Waals surface area contributed by atoms with Crippen molar-refractivity contribution in [2.45, 2.75) is 177 Å². The van der Waals surface area contributed by atoms with Crippen LogP contribution in [0.1, 0.15) is 139 Å². The fourth-order valence-corrected chi connectivity index (χ4v) is 15.9. The highest BCUT2D eigenvalue weighted by Gasteiger charge is 2.46. The minimum Gasteiger partial charge on any atom is -0.325 e. The van der Waals surface area contributed by atoms with Gasteiger partial charge in [0.2, 0.25) is 23.6 Å². The summed E-state index contributed by atoms with van der Waals surface area (Å²) in [7, 11) is -12.7. The maximum Gasteiger partial charge on any atom is 0.416 e. The molecule has 20 nitrogen and oxygen atoms in total. The maximum absolute atomic E-state index is 12.6. The summed E-state index contributed by atoms with van der Waals surface area (Å²) in [5.74, 6) is -2.59. The molecule has 4 amide bonds. The molecule has 0 atom stereocenters. The number of thiazole rings is 1. The molecular formula is C59H81F3N8O12S6.